The molecule has 1 aromatic heterocycles. The molecule has 6 heteroatoms. The molecule has 1 aromatic carbocycles. The summed E-state index contributed by atoms with van der Waals surface area (Å²) in [5.41, 5.74) is 3.36. The topological polar surface area (TPSA) is 68.3 Å². The zero-order valence-corrected chi connectivity index (χ0v) is 14.7. The number of carbonyl (C=O) groups is 2. The Morgan fingerprint density at radius 1 is 1.28 bits per heavy atom. The summed E-state index contributed by atoms with van der Waals surface area (Å²) < 4.78 is 5.11. The molecule has 5 nitrogen and oxygen atoms in total. The van der Waals surface area contributed by atoms with Gasteiger partial charge in [0.2, 0.25) is 0 Å². The van der Waals surface area contributed by atoms with Crippen LogP contribution in [0.4, 0.5) is 5.13 Å². The number of Topliss-reactive ketones (excluding diaryl/α,β-unsaturated/α-hetero) is 1. The van der Waals surface area contributed by atoms with Gasteiger partial charge in [0.1, 0.15) is 0 Å². The fraction of sp³-hybridized carbons (Fsp3) is 0.316. The monoisotopic (exact) mass is 356 g/mol. The summed E-state index contributed by atoms with van der Waals surface area (Å²) in [6, 6.07) is 5.77. The maximum Gasteiger partial charge on any atom is 0.358 e. The predicted octanol–water partition coefficient (Wildman–Crippen LogP) is 3.66. The van der Waals surface area contributed by atoms with Crippen LogP contribution in [-0.4, -0.2) is 29.9 Å². The van der Waals surface area contributed by atoms with Crippen molar-refractivity contribution >= 4 is 28.2 Å². The van der Waals surface area contributed by atoms with Gasteiger partial charge in [-0.05, 0) is 42.9 Å². The molecule has 0 spiro atoms. The van der Waals surface area contributed by atoms with Gasteiger partial charge in [-0.25, -0.2) is 9.78 Å². The van der Waals surface area contributed by atoms with Crippen LogP contribution >= 0.6 is 11.3 Å². The molecule has 0 radical (unpaired) electrons. The average molecular weight is 356 g/mol. The van der Waals surface area contributed by atoms with Gasteiger partial charge in [-0.1, -0.05) is 18.2 Å². The summed E-state index contributed by atoms with van der Waals surface area (Å²) in [7, 11) is 0. The van der Waals surface area contributed by atoms with Crippen molar-refractivity contribution < 1.29 is 14.3 Å². The van der Waals surface area contributed by atoms with Crippen molar-refractivity contribution in [2.24, 2.45) is 0 Å². The van der Waals surface area contributed by atoms with E-state index >= 15 is 0 Å². The minimum atomic E-state index is -0.589. The van der Waals surface area contributed by atoms with Crippen molar-refractivity contribution in [3.05, 3.63) is 58.6 Å². The Morgan fingerprint density at radius 2 is 2.08 bits per heavy atom. The third-order valence-corrected chi connectivity index (χ3v) is 4.92. The fourth-order valence-corrected chi connectivity index (χ4v) is 3.49. The van der Waals surface area contributed by atoms with Crippen LogP contribution in [0, 0.1) is 0 Å². The maximum absolute atomic E-state index is 12.3. The summed E-state index contributed by atoms with van der Waals surface area (Å²) in [5.74, 6) is -0.781. The highest BCUT2D eigenvalue weighted by Gasteiger charge is 2.17. The van der Waals surface area contributed by atoms with E-state index in [1.807, 2.05) is 18.2 Å². The standard InChI is InChI=1S/C19H20N2O3S/c1-2-9-20-19-21-16(12-25-19)18(23)24-11-17(22)15-8-7-13-5-3-4-6-14(13)10-15/h2,7-8,10,12H,1,3-6,9,11H2,(H,20,21). The Bertz CT molecular complexity index is 798. The van der Waals surface area contributed by atoms with E-state index < -0.39 is 5.97 Å². The summed E-state index contributed by atoms with van der Waals surface area (Å²) in [4.78, 5) is 28.4. The van der Waals surface area contributed by atoms with Crippen LogP contribution in [0.25, 0.3) is 0 Å². The molecule has 3 rings (SSSR count). The van der Waals surface area contributed by atoms with Crippen LogP contribution in [-0.2, 0) is 17.6 Å². The van der Waals surface area contributed by atoms with E-state index in [0.29, 0.717) is 17.2 Å². The Morgan fingerprint density at radius 3 is 2.88 bits per heavy atom. The zero-order chi connectivity index (χ0) is 17.6. The first-order chi connectivity index (χ1) is 12.2. The van der Waals surface area contributed by atoms with Crippen LogP contribution in [0.1, 0.15) is 44.8 Å². The molecule has 0 amide bonds. The van der Waals surface area contributed by atoms with Gasteiger partial charge in [0.05, 0.1) is 0 Å². The van der Waals surface area contributed by atoms with Gasteiger partial charge in [-0.15, -0.1) is 17.9 Å². The van der Waals surface area contributed by atoms with Crippen molar-refractivity contribution in [2.45, 2.75) is 25.7 Å². The van der Waals surface area contributed by atoms with Crippen LogP contribution < -0.4 is 5.32 Å². The summed E-state index contributed by atoms with van der Waals surface area (Å²) >= 11 is 1.31. The molecule has 0 fully saturated rings. The van der Waals surface area contributed by atoms with E-state index in [2.05, 4.69) is 16.9 Å². The van der Waals surface area contributed by atoms with Crippen LogP contribution in [0.15, 0.2) is 36.2 Å². The number of rotatable bonds is 7. The van der Waals surface area contributed by atoms with Gasteiger partial charge in [-0.2, -0.15) is 0 Å². The molecule has 0 saturated heterocycles. The molecular formula is C19H20N2O3S. The van der Waals surface area contributed by atoms with Gasteiger partial charge in [0.15, 0.2) is 23.2 Å². The van der Waals surface area contributed by atoms with E-state index in [1.165, 1.54) is 28.9 Å². The van der Waals surface area contributed by atoms with E-state index in [4.69, 9.17) is 4.74 Å². The average Bonchev–Trinajstić information content (AvgIpc) is 3.12. The smallest absolute Gasteiger partial charge is 0.358 e. The number of thiazole rings is 1. The van der Waals surface area contributed by atoms with Crippen LogP contribution in [0.2, 0.25) is 0 Å². The Hall–Kier alpha value is -2.47. The lowest BCUT2D eigenvalue weighted by Gasteiger charge is -2.16. The number of esters is 1. The minimum Gasteiger partial charge on any atom is -0.453 e. The number of hydrogen-bond donors (Lipinski definition) is 1. The number of hydrogen-bond acceptors (Lipinski definition) is 6. The highest BCUT2D eigenvalue weighted by molar-refractivity contribution is 7.13. The van der Waals surface area contributed by atoms with Gasteiger partial charge >= 0.3 is 5.97 Å². The molecule has 1 N–H and O–H groups in total. The van der Waals surface area contributed by atoms with E-state index in [0.717, 1.165) is 19.3 Å². The number of anilines is 1. The van der Waals surface area contributed by atoms with E-state index in [1.54, 1.807) is 11.5 Å². The SMILES string of the molecule is C=CCNc1nc(C(=O)OCC(=O)c2ccc3c(c2)CCCC3)cs1. The lowest BCUT2D eigenvalue weighted by molar-refractivity contribution is 0.0470. The molecule has 25 heavy (non-hydrogen) atoms. The molecule has 0 saturated carbocycles. The molecule has 1 aliphatic rings. The maximum atomic E-state index is 12.3. The second kappa shape index (κ2) is 8.07. The molecule has 1 aliphatic carbocycles. The Kier molecular flexibility index (Phi) is 5.60. The number of nitrogens with one attached hydrogen (secondary N) is 1. The fourth-order valence-electron chi connectivity index (χ4n) is 2.80. The second-order valence-electron chi connectivity index (χ2n) is 5.90. The van der Waals surface area contributed by atoms with E-state index in [-0.39, 0.29) is 18.1 Å². The minimum absolute atomic E-state index is 0.193. The van der Waals surface area contributed by atoms with Crippen molar-refractivity contribution in [1.29, 1.82) is 0 Å². The number of benzene rings is 1. The second-order valence-corrected chi connectivity index (χ2v) is 6.76. The molecular weight excluding hydrogens is 336 g/mol. The first-order valence-electron chi connectivity index (χ1n) is 8.30. The van der Waals surface area contributed by atoms with E-state index in [9.17, 15) is 9.59 Å². The number of ketones is 1. The quantitative estimate of drug-likeness (QED) is 0.466. The van der Waals surface area contributed by atoms with Gasteiger partial charge in [0, 0.05) is 17.5 Å². The Balaban J connectivity index is 1.57. The first kappa shape index (κ1) is 17.4. The predicted molar refractivity (Wildman–Crippen MR) is 98.5 cm³/mol. The molecule has 0 unspecified atom stereocenters. The van der Waals surface area contributed by atoms with Gasteiger partial charge in [0.25, 0.3) is 0 Å². The van der Waals surface area contributed by atoms with Crippen molar-refractivity contribution in [2.75, 3.05) is 18.5 Å². The number of aryl methyl sites for hydroxylation is 2. The highest BCUT2D eigenvalue weighted by atomic mass is 32.1. The van der Waals surface area contributed by atoms with Gasteiger partial charge < -0.3 is 10.1 Å². The first-order valence-corrected chi connectivity index (χ1v) is 9.18. The normalized spacial score (nSPS) is 13.0. The third kappa shape index (κ3) is 4.33. The summed E-state index contributed by atoms with van der Waals surface area (Å²) in [5, 5.41) is 5.23. The number of carbonyl (C=O) groups excluding carboxylic acids is 2. The van der Waals surface area contributed by atoms with Crippen LogP contribution in [0.5, 0.6) is 0 Å². The lowest BCUT2D eigenvalue weighted by atomic mass is 9.90. The van der Waals surface area contributed by atoms with Crippen molar-refractivity contribution in [3.8, 4) is 0 Å². The Labute approximate surface area is 150 Å². The van der Waals surface area contributed by atoms with Crippen molar-refractivity contribution in [1.82, 2.24) is 4.98 Å². The molecule has 0 atom stereocenters. The highest BCUT2D eigenvalue weighted by Crippen LogP contribution is 2.22. The van der Waals surface area contributed by atoms with Gasteiger partial charge in [-0.3, -0.25) is 4.79 Å². The molecule has 0 bridgehead atoms. The summed E-state index contributed by atoms with van der Waals surface area (Å²) in [6.07, 6.45) is 6.15. The molecule has 130 valence electrons. The number of aromatic nitrogens is 1. The van der Waals surface area contributed by atoms with Crippen molar-refractivity contribution in [3.63, 3.8) is 0 Å². The number of ether oxygens (including phenoxy) is 1. The number of fused-ring (bicyclic) bond motifs is 1. The molecule has 1 heterocycles. The summed E-state index contributed by atoms with van der Waals surface area (Å²) in [6.45, 7) is 3.90. The molecule has 0 aliphatic heterocycles. The van der Waals surface area contributed by atoms with Crippen LogP contribution in [0.3, 0.4) is 0 Å². The third-order valence-electron chi connectivity index (χ3n) is 4.12. The largest absolute Gasteiger partial charge is 0.453 e. The number of nitrogens with zero attached hydrogens (tertiary/aromatic N) is 1. The zero-order valence-electron chi connectivity index (χ0n) is 13.9. The molecule has 2 aromatic rings. The lowest BCUT2D eigenvalue weighted by Crippen LogP contribution is -2.15.